The SMILES string of the molecule is CNC1(CO)CCCC(N(C)CCOCC2CC2)C1. The molecule has 0 heterocycles. The molecule has 0 aliphatic heterocycles. The van der Waals surface area contributed by atoms with Gasteiger partial charge in [0.25, 0.3) is 0 Å². The largest absolute Gasteiger partial charge is 0.394 e. The van der Waals surface area contributed by atoms with Crippen molar-refractivity contribution in [2.75, 3.05) is 40.5 Å². The Morgan fingerprint density at radius 3 is 2.79 bits per heavy atom. The van der Waals surface area contributed by atoms with Crippen molar-refractivity contribution < 1.29 is 9.84 Å². The van der Waals surface area contributed by atoms with Crippen LogP contribution in [0, 0.1) is 5.92 Å². The Morgan fingerprint density at radius 2 is 2.16 bits per heavy atom. The normalized spacial score (nSPS) is 31.9. The summed E-state index contributed by atoms with van der Waals surface area (Å²) in [7, 11) is 4.16. The number of aliphatic hydroxyl groups excluding tert-OH is 1. The number of hydrogen-bond acceptors (Lipinski definition) is 4. The van der Waals surface area contributed by atoms with Gasteiger partial charge in [0.2, 0.25) is 0 Å². The molecule has 0 spiro atoms. The van der Waals surface area contributed by atoms with Gasteiger partial charge in [0.1, 0.15) is 0 Å². The van der Waals surface area contributed by atoms with Gasteiger partial charge in [0, 0.05) is 24.7 Å². The molecule has 19 heavy (non-hydrogen) atoms. The summed E-state index contributed by atoms with van der Waals surface area (Å²) in [5.41, 5.74) is -0.0634. The van der Waals surface area contributed by atoms with Gasteiger partial charge in [-0.3, -0.25) is 0 Å². The highest BCUT2D eigenvalue weighted by molar-refractivity contribution is 4.95. The monoisotopic (exact) mass is 270 g/mol. The first kappa shape index (κ1) is 15.2. The number of nitrogens with one attached hydrogen (secondary N) is 1. The summed E-state index contributed by atoms with van der Waals surface area (Å²) in [6.07, 6.45) is 7.28. The predicted octanol–water partition coefficient (Wildman–Crippen LogP) is 1.24. The van der Waals surface area contributed by atoms with Crippen LogP contribution >= 0.6 is 0 Å². The van der Waals surface area contributed by atoms with Crippen molar-refractivity contribution in [2.24, 2.45) is 5.92 Å². The Kier molecular flexibility index (Phi) is 5.63. The first-order valence-electron chi connectivity index (χ1n) is 7.77. The van der Waals surface area contributed by atoms with Gasteiger partial charge in [-0.25, -0.2) is 0 Å². The fourth-order valence-electron chi connectivity index (χ4n) is 3.08. The van der Waals surface area contributed by atoms with Gasteiger partial charge < -0.3 is 20.1 Å². The molecule has 2 fully saturated rings. The van der Waals surface area contributed by atoms with Crippen LogP contribution in [-0.4, -0.2) is 62.0 Å². The second-order valence-corrected chi connectivity index (χ2v) is 6.44. The van der Waals surface area contributed by atoms with E-state index in [9.17, 15) is 5.11 Å². The standard InChI is InChI=1S/C15H30N2O2/c1-16-15(12-18)7-3-4-14(10-15)17(2)8-9-19-11-13-5-6-13/h13-14,16,18H,3-12H2,1-2H3. The number of aliphatic hydroxyl groups is 1. The van der Waals surface area contributed by atoms with Crippen LogP contribution in [0.5, 0.6) is 0 Å². The molecule has 4 heteroatoms. The minimum atomic E-state index is -0.0634. The van der Waals surface area contributed by atoms with E-state index in [4.69, 9.17) is 4.74 Å². The van der Waals surface area contributed by atoms with Gasteiger partial charge in [-0.1, -0.05) is 0 Å². The zero-order chi connectivity index (χ0) is 13.7. The summed E-state index contributed by atoms with van der Waals surface area (Å²) >= 11 is 0. The van der Waals surface area contributed by atoms with E-state index in [0.29, 0.717) is 6.04 Å². The number of rotatable bonds is 8. The maximum atomic E-state index is 9.62. The van der Waals surface area contributed by atoms with Gasteiger partial charge in [-0.2, -0.15) is 0 Å². The Labute approximate surface area is 117 Å². The topological polar surface area (TPSA) is 44.7 Å². The molecule has 2 rings (SSSR count). The predicted molar refractivity (Wildman–Crippen MR) is 77.3 cm³/mol. The number of likely N-dealkylation sites (N-methyl/N-ethyl adjacent to an activating group) is 2. The number of ether oxygens (including phenoxy) is 1. The molecule has 0 amide bonds. The lowest BCUT2D eigenvalue weighted by atomic mass is 9.79. The van der Waals surface area contributed by atoms with Crippen LogP contribution in [0.1, 0.15) is 38.5 Å². The molecule has 0 aromatic heterocycles. The first-order valence-corrected chi connectivity index (χ1v) is 7.77. The Hall–Kier alpha value is -0.160. The Balaban J connectivity index is 1.69. The molecular weight excluding hydrogens is 240 g/mol. The fourth-order valence-corrected chi connectivity index (χ4v) is 3.08. The Bertz CT molecular complexity index is 265. The molecular formula is C15H30N2O2. The lowest BCUT2D eigenvalue weighted by Gasteiger charge is -2.42. The van der Waals surface area contributed by atoms with Crippen molar-refractivity contribution in [3.8, 4) is 0 Å². The summed E-state index contributed by atoms with van der Waals surface area (Å²) in [5, 5.41) is 13.0. The third kappa shape index (κ3) is 4.42. The van der Waals surface area contributed by atoms with Gasteiger partial charge in [0.15, 0.2) is 0 Å². The molecule has 112 valence electrons. The van der Waals surface area contributed by atoms with E-state index in [2.05, 4.69) is 17.3 Å². The van der Waals surface area contributed by atoms with Crippen LogP contribution in [0.4, 0.5) is 0 Å². The summed E-state index contributed by atoms with van der Waals surface area (Å²) in [4.78, 5) is 2.41. The van der Waals surface area contributed by atoms with E-state index in [1.165, 1.54) is 25.7 Å². The third-order valence-corrected chi connectivity index (χ3v) is 4.91. The molecule has 4 nitrogen and oxygen atoms in total. The number of hydrogen-bond donors (Lipinski definition) is 2. The molecule has 2 saturated carbocycles. The molecule has 0 aromatic carbocycles. The quantitative estimate of drug-likeness (QED) is 0.651. The molecule has 2 aliphatic carbocycles. The average molecular weight is 270 g/mol. The van der Waals surface area contributed by atoms with Gasteiger partial charge in [-0.15, -0.1) is 0 Å². The van der Waals surface area contributed by atoms with Crippen LogP contribution < -0.4 is 5.32 Å². The molecule has 0 radical (unpaired) electrons. The third-order valence-electron chi connectivity index (χ3n) is 4.91. The zero-order valence-corrected chi connectivity index (χ0v) is 12.5. The second kappa shape index (κ2) is 7.02. The second-order valence-electron chi connectivity index (χ2n) is 6.44. The first-order chi connectivity index (χ1) is 9.19. The van der Waals surface area contributed by atoms with Gasteiger partial charge in [0.05, 0.1) is 13.2 Å². The van der Waals surface area contributed by atoms with E-state index >= 15 is 0 Å². The van der Waals surface area contributed by atoms with Crippen LogP contribution in [0.3, 0.4) is 0 Å². The molecule has 2 atom stereocenters. The summed E-state index contributed by atoms with van der Waals surface area (Å²) in [6.45, 7) is 3.04. The van der Waals surface area contributed by atoms with E-state index in [-0.39, 0.29) is 12.1 Å². The highest BCUT2D eigenvalue weighted by atomic mass is 16.5. The van der Waals surface area contributed by atoms with Crippen molar-refractivity contribution in [2.45, 2.75) is 50.1 Å². The van der Waals surface area contributed by atoms with E-state index in [0.717, 1.165) is 38.5 Å². The summed E-state index contributed by atoms with van der Waals surface area (Å²) < 4.78 is 5.72. The maximum Gasteiger partial charge on any atom is 0.0613 e. The van der Waals surface area contributed by atoms with Crippen LogP contribution in [-0.2, 0) is 4.74 Å². The highest BCUT2D eigenvalue weighted by Crippen LogP contribution is 2.30. The van der Waals surface area contributed by atoms with Crippen molar-refractivity contribution in [3.05, 3.63) is 0 Å². The molecule has 0 aromatic rings. The van der Waals surface area contributed by atoms with Crippen molar-refractivity contribution in [1.29, 1.82) is 0 Å². The van der Waals surface area contributed by atoms with Crippen molar-refractivity contribution in [3.63, 3.8) is 0 Å². The highest BCUT2D eigenvalue weighted by Gasteiger charge is 2.35. The van der Waals surface area contributed by atoms with Crippen LogP contribution in [0.15, 0.2) is 0 Å². The van der Waals surface area contributed by atoms with E-state index in [1.807, 2.05) is 7.05 Å². The minimum Gasteiger partial charge on any atom is -0.394 e. The van der Waals surface area contributed by atoms with Gasteiger partial charge in [-0.05, 0) is 58.5 Å². The fraction of sp³-hybridized carbons (Fsp3) is 1.00. The summed E-state index contributed by atoms with van der Waals surface area (Å²) in [5.74, 6) is 0.853. The summed E-state index contributed by atoms with van der Waals surface area (Å²) in [6, 6.07) is 0.567. The molecule has 2 aliphatic rings. The minimum absolute atomic E-state index is 0.0634. The van der Waals surface area contributed by atoms with Crippen molar-refractivity contribution >= 4 is 0 Å². The average Bonchev–Trinajstić information content (AvgIpc) is 3.27. The Morgan fingerprint density at radius 1 is 1.37 bits per heavy atom. The maximum absolute atomic E-state index is 9.62. The van der Waals surface area contributed by atoms with E-state index in [1.54, 1.807) is 0 Å². The van der Waals surface area contributed by atoms with Crippen LogP contribution in [0.25, 0.3) is 0 Å². The lowest BCUT2D eigenvalue weighted by Crippen LogP contribution is -2.54. The van der Waals surface area contributed by atoms with Gasteiger partial charge >= 0.3 is 0 Å². The van der Waals surface area contributed by atoms with E-state index < -0.39 is 0 Å². The molecule has 0 bridgehead atoms. The number of nitrogens with zero attached hydrogens (tertiary/aromatic N) is 1. The zero-order valence-electron chi connectivity index (χ0n) is 12.5. The molecule has 2 N–H and O–H groups in total. The molecule has 2 unspecified atom stereocenters. The van der Waals surface area contributed by atoms with Crippen LogP contribution in [0.2, 0.25) is 0 Å². The smallest absolute Gasteiger partial charge is 0.0613 e. The molecule has 0 saturated heterocycles. The van der Waals surface area contributed by atoms with Crippen molar-refractivity contribution in [1.82, 2.24) is 10.2 Å². The lowest BCUT2D eigenvalue weighted by molar-refractivity contribution is 0.0509.